The number of rotatable bonds is 5. The molecule has 1 atom stereocenters. The number of carboxylic acid groups (broad SMARTS) is 1. The Morgan fingerprint density at radius 2 is 1.63 bits per heavy atom. The average Bonchev–Trinajstić information content (AvgIpc) is 3.06. The van der Waals surface area contributed by atoms with Crippen LogP contribution in [0.3, 0.4) is 0 Å². The van der Waals surface area contributed by atoms with E-state index in [-0.39, 0.29) is 34.7 Å². The van der Waals surface area contributed by atoms with Crippen molar-refractivity contribution in [2.24, 2.45) is 22.2 Å². The van der Waals surface area contributed by atoms with E-state index in [2.05, 4.69) is 34.6 Å². The first-order valence-electron chi connectivity index (χ1n) is 12.5. The minimum Gasteiger partial charge on any atom is -0.478 e. The van der Waals surface area contributed by atoms with Gasteiger partial charge in [0.25, 0.3) is 5.91 Å². The molecule has 6 heteroatoms. The van der Waals surface area contributed by atoms with Gasteiger partial charge in [0.1, 0.15) is 17.2 Å². The quantitative estimate of drug-likeness (QED) is 0.534. The third-order valence-electron chi connectivity index (χ3n) is 7.73. The number of aliphatic imine (C=N–C) groups is 1. The van der Waals surface area contributed by atoms with Gasteiger partial charge in [-0.2, -0.15) is 0 Å². The van der Waals surface area contributed by atoms with Crippen LogP contribution in [0, 0.1) is 23.1 Å². The van der Waals surface area contributed by atoms with Crippen molar-refractivity contribution in [2.45, 2.75) is 72.0 Å². The second-order valence-corrected chi connectivity index (χ2v) is 11.4. The summed E-state index contributed by atoms with van der Waals surface area (Å²) in [6, 6.07) is 12.5. The maximum absolute atomic E-state index is 14.0. The number of benzene rings is 2. The van der Waals surface area contributed by atoms with Gasteiger partial charge in [-0.1, -0.05) is 46.8 Å². The summed E-state index contributed by atoms with van der Waals surface area (Å²) in [4.78, 5) is 32.5. The normalized spacial score (nSPS) is 23.6. The fourth-order valence-electron chi connectivity index (χ4n) is 5.75. The minimum atomic E-state index is -0.978. The Kier molecular flexibility index (Phi) is 6.60. The minimum absolute atomic E-state index is 0.0783. The number of hydrogen-bond donors (Lipinski definition) is 1. The number of amides is 1. The van der Waals surface area contributed by atoms with Crippen LogP contribution in [0.1, 0.15) is 87.8 Å². The summed E-state index contributed by atoms with van der Waals surface area (Å²) in [6.07, 6.45) is 3.47. The Hall–Kier alpha value is -3.02. The van der Waals surface area contributed by atoms with Crippen LogP contribution < -0.4 is 0 Å². The van der Waals surface area contributed by atoms with Gasteiger partial charge in [0.05, 0.1) is 11.6 Å². The van der Waals surface area contributed by atoms with E-state index in [1.807, 2.05) is 17.0 Å². The standard InChI is InChI=1S/C29H35FN2O3/c1-18(2)25(20-6-8-21(9-7-20)27(34)35)32-26(33)24(19-10-12-23(30)13-11-19)31-29(32)16-14-22(15-17-29)28(3,4)5/h6-13,18,22,25H,14-17H2,1-5H3,(H,34,35)/t22?,25-,29?/m1/s1. The van der Waals surface area contributed by atoms with E-state index >= 15 is 0 Å². The number of carbonyl (C=O) groups is 2. The predicted molar refractivity (Wildman–Crippen MR) is 135 cm³/mol. The highest BCUT2D eigenvalue weighted by atomic mass is 19.1. The Balaban J connectivity index is 1.78. The van der Waals surface area contributed by atoms with Crippen molar-refractivity contribution in [1.82, 2.24) is 4.90 Å². The molecule has 1 spiro atoms. The Morgan fingerprint density at radius 3 is 2.11 bits per heavy atom. The first kappa shape index (κ1) is 25.1. The van der Waals surface area contributed by atoms with Gasteiger partial charge >= 0.3 is 5.97 Å². The van der Waals surface area contributed by atoms with Gasteiger partial charge in [-0.15, -0.1) is 0 Å². The largest absolute Gasteiger partial charge is 0.478 e. The summed E-state index contributed by atoms with van der Waals surface area (Å²) >= 11 is 0. The van der Waals surface area contributed by atoms with Crippen molar-refractivity contribution >= 4 is 17.6 Å². The highest BCUT2D eigenvalue weighted by Gasteiger charge is 2.53. The summed E-state index contributed by atoms with van der Waals surface area (Å²) < 4.78 is 13.6. The summed E-state index contributed by atoms with van der Waals surface area (Å²) in [6.45, 7) is 10.9. The maximum Gasteiger partial charge on any atom is 0.335 e. The topological polar surface area (TPSA) is 70.0 Å². The molecule has 2 aromatic carbocycles. The smallest absolute Gasteiger partial charge is 0.335 e. The van der Waals surface area contributed by atoms with Gasteiger partial charge in [0, 0.05) is 5.56 Å². The molecule has 1 aliphatic heterocycles. The molecule has 5 nitrogen and oxygen atoms in total. The maximum atomic E-state index is 14.0. The number of nitrogens with zero attached hydrogens (tertiary/aromatic N) is 2. The molecule has 1 amide bonds. The summed E-state index contributed by atoms with van der Waals surface area (Å²) in [5, 5.41) is 9.34. The lowest BCUT2D eigenvalue weighted by Crippen LogP contribution is -2.52. The zero-order chi connectivity index (χ0) is 25.5. The van der Waals surface area contributed by atoms with Crippen LogP contribution in [0.25, 0.3) is 0 Å². The van der Waals surface area contributed by atoms with Crippen molar-refractivity contribution in [3.63, 3.8) is 0 Å². The molecule has 1 aliphatic carbocycles. The molecule has 1 heterocycles. The van der Waals surface area contributed by atoms with Crippen molar-refractivity contribution in [3.05, 3.63) is 71.0 Å². The number of carbonyl (C=O) groups excluding carboxylic acids is 1. The SMILES string of the molecule is CC(C)[C@H](c1ccc(C(=O)O)cc1)N1C(=O)C(c2ccc(F)cc2)=NC12CCC(C(C)(C)C)CC2. The third-order valence-corrected chi connectivity index (χ3v) is 7.73. The van der Waals surface area contributed by atoms with Crippen molar-refractivity contribution in [2.75, 3.05) is 0 Å². The average molecular weight is 479 g/mol. The molecule has 0 aromatic heterocycles. The van der Waals surface area contributed by atoms with Crippen LogP contribution in [0.15, 0.2) is 53.5 Å². The fourth-order valence-corrected chi connectivity index (χ4v) is 5.75. The monoisotopic (exact) mass is 478 g/mol. The van der Waals surface area contributed by atoms with Crippen LogP contribution in [-0.2, 0) is 4.79 Å². The van der Waals surface area contributed by atoms with Gasteiger partial charge in [-0.3, -0.25) is 9.79 Å². The Morgan fingerprint density at radius 1 is 1.06 bits per heavy atom. The lowest BCUT2D eigenvalue weighted by atomic mass is 9.69. The molecular weight excluding hydrogens is 443 g/mol. The predicted octanol–water partition coefficient (Wildman–Crippen LogP) is 6.49. The van der Waals surface area contributed by atoms with Gasteiger partial charge < -0.3 is 10.0 Å². The molecule has 0 bridgehead atoms. The molecule has 0 radical (unpaired) electrons. The van der Waals surface area contributed by atoms with Gasteiger partial charge in [-0.25, -0.2) is 9.18 Å². The van der Waals surface area contributed by atoms with E-state index in [1.54, 1.807) is 24.3 Å². The highest BCUT2D eigenvalue weighted by molar-refractivity contribution is 6.46. The first-order valence-corrected chi connectivity index (χ1v) is 12.5. The Labute approximate surface area is 207 Å². The molecule has 4 rings (SSSR count). The molecule has 35 heavy (non-hydrogen) atoms. The molecule has 1 N–H and O–H groups in total. The zero-order valence-electron chi connectivity index (χ0n) is 21.2. The number of carboxylic acids is 1. The van der Waals surface area contributed by atoms with Crippen LogP contribution in [-0.4, -0.2) is 33.3 Å². The van der Waals surface area contributed by atoms with E-state index in [1.165, 1.54) is 12.1 Å². The summed E-state index contributed by atoms with van der Waals surface area (Å²) in [5.41, 5.74) is 1.64. The first-order chi connectivity index (χ1) is 16.4. The molecular formula is C29H35FN2O3. The van der Waals surface area contributed by atoms with Crippen LogP contribution >= 0.6 is 0 Å². The highest BCUT2D eigenvalue weighted by Crippen LogP contribution is 2.50. The van der Waals surface area contributed by atoms with E-state index in [0.29, 0.717) is 17.2 Å². The molecule has 1 fully saturated rings. The number of aromatic carboxylic acids is 1. The molecule has 1 saturated carbocycles. The van der Waals surface area contributed by atoms with E-state index in [0.717, 1.165) is 31.2 Å². The molecule has 2 aliphatic rings. The summed E-state index contributed by atoms with van der Waals surface area (Å²) in [7, 11) is 0. The van der Waals surface area contributed by atoms with Gasteiger partial charge in [0.2, 0.25) is 0 Å². The lowest BCUT2D eigenvalue weighted by molar-refractivity contribution is -0.135. The molecule has 0 unspecified atom stereocenters. The van der Waals surface area contributed by atoms with Gasteiger partial charge in [-0.05, 0) is 84.9 Å². The second-order valence-electron chi connectivity index (χ2n) is 11.4. The molecule has 0 saturated heterocycles. The van der Waals surface area contributed by atoms with Crippen molar-refractivity contribution in [3.8, 4) is 0 Å². The van der Waals surface area contributed by atoms with E-state index in [9.17, 15) is 19.1 Å². The van der Waals surface area contributed by atoms with Gasteiger partial charge in [0.15, 0.2) is 0 Å². The van der Waals surface area contributed by atoms with Crippen LogP contribution in [0.2, 0.25) is 0 Å². The van der Waals surface area contributed by atoms with Crippen LogP contribution in [0.5, 0.6) is 0 Å². The van der Waals surface area contributed by atoms with Crippen molar-refractivity contribution < 1.29 is 19.1 Å². The lowest BCUT2D eigenvalue weighted by Gasteiger charge is -2.48. The number of halogens is 1. The summed E-state index contributed by atoms with van der Waals surface area (Å²) in [5.74, 6) is -0.853. The van der Waals surface area contributed by atoms with E-state index < -0.39 is 11.6 Å². The second kappa shape index (κ2) is 9.21. The van der Waals surface area contributed by atoms with Crippen LogP contribution in [0.4, 0.5) is 4.39 Å². The Bertz CT molecular complexity index is 1120. The number of hydrogen-bond acceptors (Lipinski definition) is 3. The third kappa shape index (κ3) is 4.75. The fraction of sp³-hybridized carbons (Fsp3) is 0.483. The molecule has 2 aromatic rings. The van der Waals surface area contributed by atoms with E-state index in [4.69, 9.17) is 4.99 Å². The van der Waals surface area contributed by atoms with Crippen molar-refractivity contribution in [1.29, 1.82) is 0 Å². The zero-order valence-corrected chi connectivity index (χ0v) is 21.2. The molecule has 186 valence electrons.